The van der Waals surface area contributed by atoms with Crippen LogP contribution < -0.4 is 15.0 Å². The number of aromatic nitrogens is 2. The number of aromatic amines is 1. The summed E-state index contributed by atoms with van der Waals surface area (Å²) in [6.07, 6.45) is 3.90. The average Bonchev–Trinajstić information content (AvgIpc) is 3.37. The Balaban J connectivity index is 1.34. The van der Waals surface area contributed by atoms with E-state index < -0.39 is 11.9 Å². The van der Waals surface area contributed by atoms with Crippen molar-refractivity contribution in [1.82, 2.24) is 15.3 Å². The van der Waals surface area contributed by atoms with E-state index in [-0.39, 0.29) is 29.3 Å². The number of imidazole rings is 1. The zero-order valence-corrected chi connectivity index (χ0v) is 20.1. The van der Waals surface area contributed by atoms with Crippen LogP contribution in [0.25, 0.3) is 0 Å². The highest BCUT2D eigenvalue weighted by Crippen LogP contribution is 2.31. The molecule has 2 amide bonds. The first-order chi connectivity index (χ1) is 17.0. The molecule has 3 aromatic rings. The topological polar surface area (TPSA) is 104 Å². The van der Waals surface area contributed by atoms with Crippen molar-refractivity contribution in [3.63, 3.8) is 0 Å². The molecule has 0 unspecified atom stereocenters. The molecule has 9 heteroatoms. The number of anilines is 1. The zero-order valence-electron chi connectivity index (χ0n) is 19.4. The molecule has 2 N–H and O–H groups in total. The number of hydrogen-bond donors (Lipinski definition) is 2. The van der Waals surface area contributed by atoms with Gasteiger partial charge in [-0.3, -0.25) is 9.59 Å². The monoisotopic (exact) mass is 494 g/mol. The van der Waals surface area contributed by atoms with Crippen molar-refractivity contribution in [2.24, 2.45) is 5.92 Å². The number of amides is 2. The Labute approximate surface area is 208 Å². The molecule has 1 heterocycles. The maximum atomic E-state index is 13.2. The van der Waals surface area contributed by atoms with Crippen LogP contribution in [-0.4, -0.2) is 40.3 Å². The van der Waals surface area contributed by atoms with Gasteiger partial charge in [-0.2, -0.15) is 0 Å². The van der Waals surface area contributed by atoms with E-state index >= 15 is 0 Å². The number of esters is 1. The SMILES string of the molecule is CCN(C(=O)C1CCC(NC(=O)c2[nH]cnc2C(=O)Oc2ccccc2)CC1)c1ccccc1Cl. The van der Waals surface area contributed by atoms with Crippen molar-refractivity contribution < 1.29 is 19.1 Å². The summed E-state index contributed by atoms with van der Waals surface area (Å²) >= 11 is 6.31. The minimum absolute atomic E-state index is 0.0462. The van der Waals surface area contributed by atoms with E-state index in [4.69, 9.17) is 16.3 Å². The molecular weight excluding hydrogens is 468 g/mol. The lowest BCUT2D eigenvalue weighted by Crippen LogP contribution is -2.42. The predicted molar refractivity (Wildman–Crippen MR) is 133 cm³/mol. The van der Waals surface area contributed by atoms with Gasteiger partial charge in [0.2, 0.25) is 5.91 Å². The van der Waals surface area contributed by atoms with Crippen LogP contribution in [-0.2, 0) is 4.79 Å². The number of H-pyrrole nitrogens is 1. The van der Waals surface area contributed by atoms with E-state index in [0.717, 1.165) is 0 Å². The van der Waals surface area contributed by atoms with Gasteiger partial charge in [0, 0.05) is 18.5 Å². The lowest BCUT2D eigenvalue weighted by molar-refractivity contribution is -0.123. The van der Waals surface area contributed by atoms with Gasteiger partial charge in [-0.1, -0.05) is 41.9 Å². The highest BCUT2D eigenvalue weighted by atomic mass is 35.5. The fourth-order valence-electron chi connectivity index (χ4n) is 4.34. The van der Waals surface area contributed by atoms with Crippen molar-refractivity contribution >= 4 is 35.1 Å². The largest absolute Gasteiger partial charge is 0.422 e. The lowest BCUT2D eigenvalue weighted by atomic mass is 9.85. The van der Waals surface area contributed by atoms with Gasteiger partial charge in [0.15, 0.2) is 5.69 Å². The third-order valence-electron chi connectivity index (χ3n) is 6.15. The quantitative estimate of drug-likeness (QED) is 0.368. The molecule has 0 bridgehead atoms. The Hall–Kier alpha value is -3.65. The molecule has 8 nitrogen and oxygen atoms in total. The number of carbonyl (C=O) groups is 3. The van der Waals surface area contributed by atoms with E-state index in [2.05, 4.69) is 15.3 Å². The number of ether oxygens (including phenoxy) is 1. The molecule has 0 atom stereocenters. The van der Waals surface area contributed by atoms with Crippen LogP contribution in [0.5, 0.6) is 5.75 Å². The molecule has 1 aliphatic rings. The normalized spacial score (nSPS) is 17.4. The fraction of sp³-hybridized carbons (Fsp3) is 0.308. The van der Waals surface area contributed by atoms with Gasteiger partial charge >= 0.3 is 5.97 Å². The number of benzene rings is 2. The molecule has 182 valence electrons. The minimum atomic E-state index is -0.712. The van der Waals surface area contributed by atoms with Crippen LogP contribution in [0.3, 0.4) is 0 Å². The molecule has 35 heavy (non-hydrogen) atoms. The maximum Gasteiger partial charge on any atom is 0.364 e. The molecule has 1 aromatic heterocycles. The van der Waals surface area contributed by atoms with Crippen LogP contribution in [0.1, 0.15) is 53.6 Å². The Morgan fingerprint density at radius 3 is 2.43 bits per heavy atom. The first kappa shape index (κ1) is 24.5. The van der Waals surface area contributed by atoms with Gasteiger partial charge < -0.3 is 19.9 Å². The van der Waals surface area contributed by atoms with Gasteiger partial charge in [-0.15, -0.1) is 0 Å². The first-order valence-electron chi connectivity index (χ1n) is 11.6. The summed E-state index contributed by atoms with van der Waals surface area (Å²) in [5, 5.41) is 3.51. The van der Waals surface area contributed by atoms with E-state index in [0.29, 0.717) is 48.7 Å². The molecule has 0 aliphatic heterocycles. The number of nitrogens with one attached hydrogen (secondary N) is 2. The molecule has 0 saturated heterocycles. The third-order valence-corrected chi connectivity index (χ3v) is 6.47. The second-order valence-electron chi connectivity index (χ2n) is 8.38. The van der Waals surface area contributed by atoms with Crippen molar-refractivity contribution in [3.8, 4) is 5.75 Å². The number of rotatable bonds is 7. The van der Waals surface area contributed by atoms with Gasteiger partial charge in [0.25, 0.3) is 5.91 Å². The Kier molecular flexibility index (Phi) is 7.82. The van der Waals surface area contributed by atoms with Crippen LogP contribution in [0.15, 0.2) is 60.9 Å². The van der Waals surface area contributed by atoms with Crippen LogP contribution >= 0.6 is 11.6 Å². The second-order valence-corrected chi connectivity index (χ2v) is 8.79. The maximum absolute atomic E-state index is 13.2. The Bertz CT molecular complexity index is 1190. The van der Waals surface area contributed by atoms with Crippen molar-refractivity contribution in [3.05, 3.63) is 77.3 Å². The molecule has 2 aromatic carbocycles. The second kappa shape index (κ2) is 11.2. The average molecular weight is 495 g/mol. The third kappa shape index (κ3) is 5.71. The summed E-state index contributed by atoms with van der Waals surface area (Å²) in [4.78, 5) is 47.0. The molecule has 4 rings (SSSR count). The first-order valence-corrected chi connectivity index (χ1v) is 12.0. The molecule has 0 spiro atoms. The zero-order chi connectivity index (χ0) is 24.8. The van der Waals surface area contributed by atoms with Crippen molar-refractivity contribution in [2.75, 3.05) is 11.4 Å². The van der Waals surface area contributed by atoms with Crippen molar-refractivity contribution in [1.29, 1.82) is 0 Å². The standard InChI is InChI=1S/C26H27ClN4O4/c1-2-31(21-11-7-6-10-20(21)27)25(33)17-12-14-18(15-13-17)30-24(32)22-23(29-16-28-22)26(34)35-19-8-4-3-5-9-19/h3-11,16-18H,2,12-15H2,1H3,(H,28,29)(H,30,32). The smallest absolute Gasteiger partial charge is 0.364 e. The van der Waals surface area contributed by atoms with Gasteiger partial charge in [-0.25, -0.2) is 9.78 Å². The Morgan fingerprint density at radius 2 is 1.74 bits per heavy atom. The summed E-state index contributed by atoms with van der Waals surface area (Å²) in [5.74, 6) is -0.861. The van der Waals surface area contributed by atoms with Gasteiger partial charge in [0.1, 0.15) is 11.4 Å². The van der Waals surface area contributed by atoms with Gasteiger partial charge in [-0.05, 0) is 56.9 Å². The highest BCUT2D eigenvalue weighted by Gasteiger charge is 2.32. The highest BCUT2D eigenvalue weighted by molar-refractivity contribution is 6.33. The molecule has 1 aliphatic carbocycles. The number of nitrogens with zero attached hydrogens (tertiary/aromatic N) is 2. The van der Waals surface area contributed by atoms with Crippen LogP contribution in [0.2, 0.25) is 5.02 Å². The summed E-state index contributed by atoms with van der Waals surface area (Å²) < 4.78 is 5.30. The van der Waals surface area contributed by atoms with Crippen LogP contribution in [0.4, 0.5) is 5.69 Å². The number of para-hydroxylation sites is 2. The summed E-state index contributed by atoms with van der Waals surface area (Å²) in [6.45, 7) is 2.46. The lowest BCUT2D eigenvalue weighted by Gasteiger charge is -2.32. The summed E-state index contributed by atoms with van der Waals surface area (Å²) in [6, 6.07) is 15.8. The molecule has 1 fully saturated rings. The number of hydrogen-bond acceptors (Lipinski definition) is 5. The van der Waals surface area contributed by atoms with Crippen LogP contribution in [0, 0.1) is 5.92 Å². The molecule has 1 saturated carbocycles. The minimum Gasteiger partial charge on any atom is -0.422 e. The Morgan fingerprint density at radius 1 is 1.06 bits per heavy atom. The molecular formula is C26H27ClN4O4. The fourth-order valence-corrected chi connectivity index (χ4v) is 4.58. The number of carbonyl (C=O) groups excluding carboxylic acids is 3. The van der Waals surface area contributed by atoms with E-state index in [1.807, 2.05) is 31.2 Å². The van der Waals surface area contributed by atoms with Gasteiger partial charge in [0.05, 0.1) is 17.0 Å². The van der Waals surface area contributed by atoms with E-state index in [1.54, 1.807) is 35.2 Å². The van der Waals surface area contributed by atoms with Crippen molar-refractivity contribution in [2.45, 2.75) is 38.6 Å². The number of halogens is 1. The summed E-state index contributed by atoms with van der Waals surface area (Å²) in [5.41, 5.74) is 0.694. The molecule has 0 radical (unpaired) electrons. The summed E-state index contributed by atoms with van der Waals surface area (Å²) in [7, 11) is 0. The van der Waals surface area contributed by atoms with E-state index in [9.17, 15) is 14.4 Å². The van der Waals surface area contributed by atoms with E-state index in [1.165, 1.54) is 6.33 Å². The predicted octanol–water partition coefficient (Wildman–Crippen LogP) is 4.62.